The Morgan fingerprint density at radius 2 is 2.00 bits per heavy atom. The average Bonchev–Trinajstić information content (AvgIpc) is 2.62. The van der Waals surface area contributed by atoms with Gasteiger partial charge in [-0.3, -0.25) is 9.36 Å². The molecule has 1 aliphatic carbocycles. The van der Waals surface area contributed by atoms with Crippen molar-refractivity contribution in [3.8, 4) is 0 Å². The first-order valence-electron chi connectivity index (χ1n) is 9.78. The van der Waals surface area contributed by atoms with Crippen LogP contribution in [0.15, 0.2) is 10.9 Å². The molecule has 0 atom stereocenters. The summed E-state index contributed by atoms with van der Waals surface area (Å²) >= 11 is 0. The minimum atomic E-state index is -0.579. The molecule has 27 heavy (non-hydrogen) atoms. The van der Waals surface area contributed by atoms with E-state index in [9.17, 15) is 9.59 Å². The van der Waals surface area contributed by atoms with Crippen molar-refractivity contribution in [2.75, 3.05) is 12.3 Å². The summed E-state index contributed by atoms with van der Waals surface area (Å²) < 4.78 is 6.96. The van der Waals surface area contributed by atoms with Gasteiger partial charge in [0.2, 0.25) is 5.95 Å². The fourth-order valence-corrected chi connectivity index (χ4v) is 3.74. The van der Waals surface area contributed by atoms with Crippen LogP contribution >= 0.6 is 0 Å². The van der Waals surface area contributed by atoms with E-state index >= 15 is 0 Å². The molecule has 7 nitrogen and oxygen atoms in total. The van der Waals surface area contributed by atoms with Crippen LogP contribution in [0, 0.1) is 12.8 Å². The zero-order valence-electron chi connectivity index (χ0n) is 16.3. The highest BCUT2D eigenvalue weighted by Crippen LogP contribution is 2.33. The van der Waals surface area contributed by atoms with Gasteiger partial charge in [0.1, 0.15) is 11.2 Å². The molecular formula is C20H28N4O3. The lowest BCUT2D eigenvalue weighted by atomic mass is 9.87. The SMILES string of the molecule is CCCCOC(=O)c1cc2c(C)nc(N)nc2n([C@H]2CC[C@H](C)CC2)c1=O. The van der Waals surface area contributed by atoms with Crippen LogP contribution in [0.5, 0.6) is 0 Å². The Balaban J connectivity index is 2.13. The molecule has 7 heteroatoms. The second-order valence-electron chi connectivity index (χ2n) is 7.54. The molecule has 0 aliphatic heterocycles. The summed E-state index contributed by atoms with van der Waals surface area (Å²) in [6.45, 7) is 6.37. The Morgan fingerprint density at radius 3 is 2.67 bits per heavy atom. The molecule has 1 aliphatic rings. The minimum absolute atomic E-state index is 0.00768. The monoisotopic (exact) mass is 372 g/mol. The van der Waals surface area contributed by atoms with E-state index in [4.69, 9.17) is 10.5 Å². The van der Waals surface area contributed by atoms with Gasteiger partial charge in [-0.15, -0.1) is 0 Å². The molecule has 146 valence electrons. The van der Waals surface area contributed by atoms with E-state index in [0.29, 0.717) is 29.3 Å². The number of nitrogens with zero attached hydrogens (tertiary/aromatic N) is 3. The number of hydrogen-bond donors (Lipinski definition) is 1. The quantitative estimate of drug-likeness (QED) is 0.638. The van der Waals surface area contributed by atoms with Crippen molar-refractivity contribution in [1.82, 2.24) is 14.5 Å². The fourth-order valence-electron chi connectivity index (χ4n) is 3.74. The molecule has 1 fully saturated rings. The molecule has 0 spiro atoms. The highest BCUT2D eigenvalue weighted by Gasteiger charge is 2.26. The minimum Gasteiger partial charge on any atom is -0.462 e. The summed E-state index contributed by atoms with van der Waals surface area (Å²) in [5, 5.41) is 0.671. The summed E-state index contributed by atoms with van der Waals surface area (Å²) in [4.78, 5) is 34.3. The zero-order chi connectivity index (χ0) is 19.6. The number of carbonyl (C=O) groups excluding carboxylic acids is 1. The Kier molecular flexibility index (Phi) is 5.77. The number of ether oxygens (including phenoxy) is 1. The van der Waals surface area contributed by atoms with Gasteiger partial charge in [-0.05, 0) is 51.0 Å². The van der Waals surface area contributed by atoms with E-state index in [1.165, 1.54) is 0 Å². The molecule has 0 aromatic carbocycles. The summed E-state index contributed by atoms with van der Waals surface area (Å²) in [7, 11) is 0. The van der Waals surface area contributed by atoms with Gasteiger partial charge in [0.25, 0.3) is 5.56 Å². The van der Waals surface area contributed by atoms with Crippen LogP contribution in [0.3, 0.4) is 0 Å². The highest BCUT2D eigenvalue weighted by atomic mass is 16.5. The first-order chi connectivity index (χ1) is 12.9. The van der Waals surface area contributed by atoms with Crippen LogP contribution in [0.25, 0.3) is 11.0 Å². The average molecular weight is 372 g/mol. The molecule has 1 saturated carbocycles. The molecule has 0 unspecified atom stereocenters. The standard InChI is InChI=1S/C20H28N4O3/c1-4-5-10-27-19(26)16-11-15-13(3)22-20(21)23-17(15)24(18(16)25)14-8-6-12(2)7-9-14/h11-12,14H,4-10H2,1-3H3,(H2,21,22,23)/t12-,14-. The number of pyridine rings is 1. The Labute approximate surface area is 158 Å². The van der Waals surface area contributed by atoms with E-state index in [1.807, 2.05) is 13.8 Å². The number of unbranched alkanes of at least 4 members (excludes halogenated alkanes) is 1. The second kappa shape index (κ2) is 8.06. The Morgan fingerprint density at radius 1 is 1.30 bits per heavy atom. The largest absolute Gasteiger partial charge is 0.462 e. The van der Waals surface area contributed by atoms with Crippen LogP contribution in [-0.4, -0.2) is 27.1 Å². The first kappa shape index (κ1) is 19.3. The van der Waals surface area contributed by atoms with E-state index in [1.54, 1.807) is 10.6 Å². The van der Waals surface area contributed by atoms with Crippen LogP contribution in [0.2, 0.25) is 0 Å². The van der Waals surface area contributed by atoms with Crippen molar-refractivity contribution in [3.63, 3.8) is 0 Å². The molecule has 3 rings (SSSR count). The summed E-state index contributed by atoms with van der Waals surface area (Å²) in [6.07, 6.45) is 5.54. The zero-order valence-corrected chi connectivity index (χ0v) is 16.3. The van der Waals surface area contributed by atoms with Crippen molar-refractivity contribution in [2.45, 2.75) is 65.3 Å². The lowest BCUT2D eigenvalue weighted by Crippen LogP contribution is -2.33. The second-order valence-corrected chi connectivity index (χ2v) is 7.54. The maximum absolute atomic E-state index is 13.2. The number of anilines is 1. The smallest absolute Gasteiger partial charge is 0.343 e. The first-order valence-corrected chi connectivity index (χ1v) is 9.78. The third-order valence-electron chi connectivity index (χ3n) is 5.40. The molecule has 2 N–H and O–H groups in total. The molecule has 0 saturated heterocycles. The topological polar surface area (TPSA) is 100 Å². The van der Waals surface area contributed by atoms with Crippen molar-refractivity contribution in [2.24, 2.45) is 5.92 Å². The predicted molar refractivity (Wildman–Crippen MR) is 105 cm³/mol. The van der Waals surface area contributed by atoms with Crippen molar-refractivity contribution >= 4 is 23.0 Å². The van der Waals surface area contributed by atoms with Gasteiger partial charge < -0.3 is 10.5 Å². The van der Waals surface area contributed by atoms with Gasteiger partial charge in [0.15, 0.2) is 0 Å². The van der Waals surface area contributed by atoms with Crippen LogP contribution in [-0.2, 0) is 4.74 Å². The number of fused-ring (bicyclic) bond motifs is 1. The predicted octanol–water partition coefficient (Wildman–Crippen LogP) is 3.39. The van der Waals surface area contributed by atoms with Gasteiger partial charge >= 0.3 is 5.97 Å². The van der Waals surface area contributed by atoms with Crippen LogP contribution in [0.1, 0.15) is 74.5 Å². The van der Waals surface area contributed by atoms with Crippen molar-refractivity contribution < 1.29 is 9.53 Å². The summed E-state index contributed by atoms with van der Waals surface area (Å²) in [5.41, 5.74) is 6.71. The number of carbonyl (C=O) groups is 1. The molecule has 0 radical (unpaired) electrons. The maximum atomic E-state index is 13.2. The molecule has 2 heterocycles. The highest BCUT2D eigenvalue weighted by molar-refractivity contribution is 5.93. The number of rotatable bonds is 5. The third-order valence-corrected chi connectivity index (χ3v) is 5.40. The lowest BCUT2D eigenvalue weighted by molar-refractivity contribution is 0.0496. The van der Waals surface area contributed by atoms with Crippen molar-refractivity contribution in [3.05, 3.63) is 27.7 Å². The number of esters is 1. The van der Waals surface area contributed by atoms with E-state index in [2.05, 4.69) is 16.9 Å². The number of hydrogen-bond acceptors (Lipinski definition) is 6. The van der Waals surface area contributed by atoms with Gasteiger partial charge in [0.05, 0.1) is 12.3 Å². The summed E-state index contributed by atoms with van der Waals surface area (Å²) in [5.74, 6) is 0.201. The summed E-state index contributed by atoms with van der Waals surface area (Å²) in [6, 6.07) is 1.57. The van der Waals surface area contributed by atoms with Crippen molar-refractivity contribution in [1.29, 1.82) is 0 Å². The van der Waals surface area contributed by atoms with E-state index in [-0.39, 0.29) is 23.1 Å². The van der Waals surface area contributed by atoms with Gasteiger partial charge in [0, 0.05) is 11.4 Å². The van der Waals surface area contributed by atoms with Crippen LogP contribution in [0.4, 0.5) is 5.95 Å². The molecule has 2 aromatic heterocycles. The van der Waals surface area contributed by atoms with Gasteiger partial charge in [-0.1, -0.05) is 20.3 Å². The fraction of sp³-hybridized carbons (Fsp3) is 0.600. The van der Waals surface area contributed by atoms with Crippen LogP contribution < -0.4 is 11.3 Å². The van der Waals surface area contributed by atoms with E-state index in [0.717, 1.165) is 38.5 Å². The molecule has 0 amide bonds. The number of aromatic nitrogens is 3. The normalized spacial score (nSPS) is 20.0. The van der Waals surface area contributed by atoms with E-state index < -0.39 is 5.97 Å². The molecule has 0 bridgehead atoms. The third kappa shape index (κ3) is 3.96. The molecular weight excluding hydrogens is 344 g/mol. The van der Waals surface area contributed by atoms with Gasteiger partial charge in [-0.2, -0.15) is 4.98 Å². The lowest BCUT2D eigenvalue weighted by Gasteiger charge is -2.29. The number of nitrogen functional groups attached to an aromatic ring is 1. The Hall–Kier alpha value is -2.44. The number of nitrogens with two attached hydrogens (primary N) is 1. The Bertz CT molecular complexity index is 898. The maximum Gasteiger partial charge on any atom is 0.343 e. The molecule has 2 aromatic rings. The number of aryl methyl sites for hydroxylation is 1. The van der Waals surface area contributed by atoms with Gasteiger partial charge in [-0.25, -0.2) is 9.78 Å².